The maximum absolute atomic E-state index is 5.31. The fourth-order valence-corrected chi connectivity index (χ4v) is 2.87. The summed E-state index contributed by atoms with van der Waals surface area (Å²) in [6, 6.07) is 0.856. The van der Waals surface area contributed by atoms with Crippen LogP contribution in [0.5, 0.6) is 0 Å². The molecule has 0 unspecified atom stereocenters. The molecule has 1 aliphatic heterocycles. The van der Waals surface area contributed by atoms with Crippen molar-refractivity contribution >= 4 is 0 Å². The summed E-state index contributed by atoms with van der Waals surface area (Å²) in [6.07, 6.45) is 10.9. The molecule has 2 heteroatoms. The first-order valence-electron chi connectivity index (χ1n) is 5.79. The van der Waals surface area contributed by atoms with Gasteiger partial charge in [-0.3, -0.25) is 4.90 Å². The fourth-order valence-electron chi connectivity index (χ4n) is 2.87. The van der Waals surface area contributed by atoms with Crippen LogP contribution in [0.1, 0.15) is 25.7 Å². The van der Waals surface area contributed by atoms with Gasteiger partial charge in [-0.15, -0.1) is 0 Å². The number of methoxy groups -OCH3 is 1. The molecule has 3 rings (SSSR count). The zero-order chi connectivity index (χ0) is 9.60. The van der Waals surface area contributed by atoms with Gasteiger partial charge >= 0.3 is 0 Å². The second-order valence-corrected chi connectivity index (χ2v) is 5.11. The average Bonchev–Trinajstić information content (AvgIpc) is 2.88. The Balaban J connectivity index is 1.47. The minimum atomic E-state index is 0.518. The molecule has 1 heterocycles. The van der Waals surface area contributed by atoms with Crippen molar-refractivity contribution < 1.29 is 4.74 Å². The van der Waals surface area contributed by atoms with Crippen molar-refractivity contribution in [1.29, 1.82) is 0 Å². The predicted molar refractivity (Wildman–Crippen MR) is 56.2 cm³/mol. The first-order valence-corrected chi connectivity index (χ1v) is 5.79. The van der Waals surface area contributed by atoms with Crippen molar-refractivity contribution in [1.82, 2.24) is 4.90 Å². The highest BCUT2D eigenvalue weighted by Gasteiger charge is 2.41. The van der Waals surface area contributed by atoms with Gasteiger partial charge in [0.2, 0.25) is 0 Å². The zero-order valence-electron chi connectivity index (χ0n) is 8.91. The summed E-state index contributed by atoms with van der Waals surface area (Å²) in [5, 5.41) is 0. The molecule has 1 spiro atoms. The van der Waals surface area contributed by atoms with Gasteiger partial charge in [-0.05, 0) is 25.7 Å². The third-order valence-corrected chi connectivity index (χ3v) is 4.25. The van der Waals surface area contributed by atoms with Crippen LogP contribution in [0.25, 0.3) is 0 Å². The van der Waals surface area contributed by atoms with Gasteiger partial charge in [0.15, 0.2) is 0 Å². The largest absolute Gasteiger partial charge is 0.379 e. The third-order valence-electron chi connectivity index (χ3n) is 4.25. The fraction of sp³-hybridized carbons (Fsp3) is 0.833. The highest BCUT2D eigenvalue weighted by Crippen LogP contribution is 2.49. The Morgan fingerprint density at radius 3 is 2.36 bits per heavy atom. The number of hydrogen-bond acceptors (Lipinski definition) is 2. The van der Waals surface area contributed by atoms with Crippen LogP contribution in [-0.4, -0.2) is 37.2 Å². The zero-order valence-corrected chi connectivity index (χ0v) is 8.91. The van der Waals surface area contributed by atoms with Crippen LogP contribution in [0.4, 0.5) is 0 Å². The molecule has 2 aliphatic carbocycles. The Morgan fingerprint density at radius 1 is 1.21 bits per heavy atom. The van der Waals surface area contributed by atoms with E-state index in [0.717, 1.165) is 6.04 Å². The predicted octanol–water partition coefficient (Wildman–Crippen LogP) is 1.82. The summed E-state index contributed by atoms with van der Waals surface area (Å²) >= 11 is 0. The summed E-state index contributed by atoms with van der Waals surface area (Å²) in [4.78, 5) is 2.60. The maximum atomic E-state index is 5.31. The third kappa shape index (κ3) is 1.41. The van der Waals surface area contributed by atoms with E-state index < -0.39 is 0 Å². The van der Waals surface area contributed by atoms with E-state index in [9.17, 15) is 0 Å². The van der Waals surface area contributed by atoms with Crippen LogP contribution in [0.2, 0.25) is 0 Å². The van der Waals surface area contributed by atoms with Crippen LogP contribution in [0, 0.1) is 5.41 Å². The standard InChI is InChI=1S/C12H19NO/c1-14-11-8-13(9-11)10-2-4-12(5-3-10)6-7-12/h6-7,10-11H,2-5,8-9H2,1H3. The van der Waals surface area contributed by atoms with Gasteiger partial charge in [0, 0.05) is 31.7 Å². The molecule has 0 amide bonds. The van der Waals surface area contributed by atoms with E-state index in [-0.39, 0.29) is 0 Å². The highest BCUT2D eigenvalue weighted by molar-refractivity contribution is 5.27. The summed E-state index contributed by atoms with van der Waals surface area (Å²) in [6.45, 7) is 2.34. The van der Waals surface area contributed by atoms with E-state index in [2.05, 4.69) is 17.1 Å². The Bertz CT molecular complexity index is 239. The molecule has 3 aliphatic rings. The lowest BCUT2D eigenvalue weighted by Gasteiger charge is -2.46. The van der Waals surface area contributed by atoms with Gasteiger partial charge in [-0.2, -0.15) is 0 Å². The molecule has 1 saturated heterocycles. The Kier molecular flexibility index (Phi) is 1.96. The van der Waals surface area contributed by atoms with E-state index in [4.69, 9.17) is 4.74 Å². The Morgan fingerprint density at radius 2 is 1.86 bits per heavy atom. The number of nitrogens with zero attached hydrogens (tertiary/aromatic N) is 1. The van der Waals surface area contributed by atoms with E-state index in [1.807, 2.05) is 7.11 Å². The number of rotatable bonds is 2. The molecule has 0 aromatic rings. The average molecular weight is 193 g/mol. The molecule has 0 aromatic heterocycles. The molecule has 1 saturated carbocycles. The minimum Gasteiger partial charge on any atom is -0.379 e. The maximum Gasteiger partial charge on any atom is 0.0825 e. The van der Waals surface area contributed by atoms with Gasteiger partial charge in [-0.25, -0.2) is 0 Å². The molecular formula is C12H19NO. The second-order valence-electron chi connectivity index (χ2n) is 5.11. The van der Waals surface area contributed by atoms with Crippen LogP contribution in [-0.2, 0) is 4.74 Å². The molecule has 0 aromatic carbocycles. The summed E-state index contributed by atoms with van der Waals surface area (Å²) in [5.74, 6) is 0. The van der Waals surface area contributed by atoms with Crippen molar-refractivity contribution in [3.63, 3.8) is 0 Å². The first kappa shape index (κ1) is 8.93. The molecule has 2 fully saturated rings. The van der Waals surface area contributed by atoms with Gasteiger partial charge in [0.1, 0.15) is 0 Å². The SMILES string of the molecule is COC1CN(C2CCC3(C=C3)CC2)C1. The van der Waals surface area contributed by atoms with E-state index in [1.54, 1.807) is 0 Å². The first-order chi connectivity index (χ1) is 6.81. The highest BCUT2D eigenvalue weighted by atomic mass is 16.5. The molecule has 0 radical (unpaired) electrons. The normalized spacial score (nSPS) is 32.1. The molecular weight excluding hydrogens is 174 g/mol. The van der Waals surface area contributed by atoms with E-state index in [1.165, 1.54) is 38.8 Å². The van der Waals surface area contributed by atoms with Crippen molar-refractivity contribution in [3.05, 3.63) is 12.2 Å². The molecule has 14 heavy (non-hydrogen) atoms. The summed E-state index contributed by atoms with van der Waals surface area (Å²) < 4.78 is 5.31. The van der Waals surface area contributed by atoms with Crippen LogP contribution >= 0.6 is 0 Å². The van der Waals surface area contributed by atoms with Gasteiger partial charge in [0.25, 0.3) is 0 Å². The molecule has 0 bridgehead atoms. The Labute approximate surface area is 85.9 Å². The van der Waals surface area contributed by atoms with Crippen molar-refractivity contribution in [2.45, 2.75) is 37.8 Å². The summed E-state index contributed by atoms with van der Waals surface area (Å²) in [7, 11) is 1.83. The van der Waals surface area contributed by atoms with E-state index in [0.29, 0.717) is 11.5 Å². The van der Waals surface area contributed by atoms with Crippen LogP contribution < -0.4 is 0 Å². The van der Waals surface area contributed by atoms with Gasteiger partial charge < -0.3 is 4.74 Å². The molecule has 0 N–H and O–H groups in total. The smallest absolute Gasteiger partial charge is 0.0825 e. The van der Waals surface area contributed by atoms with Gasteiger partial charge in [0.05, 0.1) is 6.10 Å². The van der Waals surface area contributed by atoms with Crippen molar-refractivity contribution in [3.8, 4) is 0 Å². The van der Waals surface area contributed by atoms with Crippen molar-refractivity contribution in [2.75, 3.05) is 20.2 Å². The number of likely N-dealkylation sites (tertiary alicyclic amines) is 1. The summed E-state index contributed by atoms with van der Waals surface area (Å²) in [5.41, 5.74) is 0.599. The lowest BCUT2D eigenvalue weighted by atomic mass is 9.80. The van der Waals surface area contributed by atoms with Crippen LogP contribution in [0.3, 0.4) is 0 Å². The topological polar surface area (TPSA) is 12.5 Å². The lowest BCUT2D eigenvalue weighted by Crippen LogP contribution is -2.56. The molecule has 78 valence electrons. The van der Waals surface area contributed by atoms with E-state index >= 15 is 0 Å². The quantitative estimate of drug-likeness (QED) is 0.620. The van der Waals surface area contributed by atoms with Crippen molar-refractivity contribution in [2.24, 2.45) is 5.41 Å². The molecule has 2 nitrogen and oxygen atoms in total. The van der Waals surface area contributed by atoms with Gasteiger partial charge in [-0.1, -0.05) is 12.2 Å². The number of hydrogen-bond donors (Lipinski definition) is 0. The number of allylic oxidation sites excluding steroid dienone is 2. The Hall–Kier alpha value is -0.340. The van der Waals surface area contributed by atoms with Crippen LogP contribution in [0.15, 0.2) is 12.2 Å². The lowest BCUT2D eigenvalue weighted by molar-refractivity contribution is -0.0596. The second kappa shape index (κ2) is 3.07. The minimum absolute atomic E-state index is 0.518. The monoisotopic (exact) mass is 193 g/mol. The molecule has 0 atom stereocenters. The number of ether oxygens (including phenoxy) is 1.